The molecule has 2 atom stereocenters. The second kappa shape index (κ2) is 58.1. The molecule has 0 radical (unpaired) electrons. The fourth-order valence-corrected chi connectivity index (χ4v) is 8.28. The molecule has 9 nitrogen and oxygen atoms in total. The maximum absolute atomic E-state index is 12.8. The Labute approximate surface area is 473 Å². The highest BCUT2D eigenvalue weighted by Gasteiger charge is 2.21. The van der Waals surface area contributed by atoms with Crippen LogP contribution < -0.4 is 5.11 Å². The minimum absolute atomic E-state index is 0.118. The first-order valence-corrected chi connectivity index (χ1v) is 31.0. The fraction of sp³-hybridized carbons (Fsp3) is 0.691. The molecule has 0 aromatic rings. The molecule has 0 fully saturated rings. The average Bonchev–Trinajstić information content (AvgIpc) is 3.40. The number of rotatable bonds is 56. The number of carbonyl (C=O) groups excluding carboxylic acids is 3. The van der Waals surface area contributed by atoms with E-state index in [-0.39, 0.29) is 38.6 Å². The third-order valence-corrected chi connectivity index (χ3v) is 13.0. The van der Waals surface area contributed by atoms with Crippen molar-refractivity contribution in [1.82, 2.24) is 0 Å². The molecule has 0 saturated carbocycles. The van der Waals surface area contributed by atoms with Gasteiger partial charge < -0.3 is 33.3 Å². The SMILES string of the molecule is CC/C=C\C/C=C\C/C=C\C/C=C\C/C=C\C/C=C\CCC(=O)OC(COC(=O)CCCCCCCCCCCCCCCCCCCC/C=C\C/C=C\C/C=C\CCCCCCC)COC(OCC[N+](C)(C)C)C(=O)[O-]. The van der Waals surface area contributed by atoms with Crippen LogP contribution in [0.2, 0.25) is 0 Å². The maximum Gasteiger partial charge on any atom is 0.306 e. The van der Waals surface area contributed by atoms with Crippen molar-refractivity contribution in [3.8, 4) is 0 Å². The Balaban J connectivity index is 4.19. The summed E-state index contributed by atoms with van der Waals surface area (Å²) in [7, 11) is 5.89. The van der Waals surface area contributed by atoms with E-state index in [4.69, 9.17) is 18.9 Å². The molecule has 0 saturated heterocycles. The van der Waals surface area contributed by atoms with Crippen LogP contribution in [0.25, 0.3) is 0 Å². The summed E-state index contributed by atoms with van der Waals surface area (Å²) < 4.78 is 22.6. The number of nitrogens with zero attached hydrogens (tertiary/aromatic N) is 1. The van der Waals surface area contributed by atoms with Crippen molar-refractivity contribution in [2.24, 2.45) is 0 Å². The molecule has 0 amide bonds. The molecular weight excluding hydrogens is 959 g/mol. The van der Waals surface area contributed by atoms with Crippen LogP contribution in [0.15, 0.2) is 109 Å². The normalized spacial score (nSPS) is 13.5. The van der Waals surface area contributed by atoms with Gasteiger partial charge in [-0.15, -0.1) is 0 Å². The molecule has 0 aliphatic heterocycles. The first-order chi connectivity index (χ1) is 37.6. The zero-order chi connectivity index (χ0) is 56.2. The van der Waals surface area contributed by atoms with Crippen LogP contribution in [0.3, 0.4) is 0 Å². The zero-order valence-corrected chi connectivity index (χ0v) is 50.0. The van der Waals surface area contributed by atoms with Crippen LogP contribution in [0.1, 0.15) is 245 Å². The van der Waals surface area contributed by atoms with Gasteiger partial charge in [-0.2, -0.15) is 0 Å². The molecule has 0 aliphatic carbocycles. The Morgan fingerprint density at radius 1 is 0.403 bits per heavy atom. The topological polar surface area (TPSA) is 111 Å². The number of hydrogen-bond acceptors (Lipinski definition) is 8. The Morgan fingerprint density at radius 2 is 0.766 bits per heavy atom. The molecule has 0 heterocycles. The van der Waals surface area contributed by atoms with Crippen molar-refractivity contribution < 1.29 is 42.9 Å². The molecule has 9 heteroatoms. The largest absolute Gasteiger partial charge is 0.545 e. The smallest absolute Gasteiger partial charge is 0.306 e. The third kappa shape index (κ3) is 59.5. The summed E-state index contributed by atoms with van der Waals surface area (Å²) in [6.07, 6.45) is 77.5. The Bertz CT molecular complexity index is 1630. The van der Waals surface area contributed by atoms with Crippen LogP contribution in [0.4, 0.5) is 0 Å². The molecular formula is C68H115NO8. The van der Waals surface area contributed by atoms with Gasteiger partial charge in [-0.1, -0.05) is 252 Å². The standard InChI is InChI=1S/C68H115NO8/c1-6-8-10-12-14-16-18-20-22-24-26-27-28-29-30-31-32-33-34-35-36-37-38-39-41-42-44-46-48-50-52-54-56-58-65(70)75-62-64(63-76-68(67(72)73)74-61-60-69(3,4)5)77-66(71)59-57-55-53-51-49-47-45-43-40-25-23-21-19-17-15-13-11-9-7-2/h9,11,15,17-18,20-21,23-24,26,28-29,40,43,47,49,53,55,64,68H,6-8,10,12-14,16,19,22,25,27,30-39,41-42,44-46,48,50-52,54,56-63H2,1-5H3/b11-9-,17-15-,20-18-,23-21-,26-24-,29-28-,43-40-,49-47-,55-53-. The van der Waals surface area contributed by atoms with Crippen molar-refractivity contribution in [3.05, 3.63) is 109 Å². The van der Waals surface area contributed by atoms with Crippen LogP contribution >= 0.6 is 0 Å². The lowest BCUT2D eigenvalue weighted by Crippen LogP contribution is -2.44. The predicted octanol–water partition coefficient (Wildman–Crippen LogP) is 17.3. The van der Waals surface area contributed by atoms with E-state index in [0.29, 0.717) is 17.4 Å². The fourth-order valence-electron chi connectivity index (χ4n) is 8.28. The summed E-state index contributed by atoms with van der Waals surface area (Å²) >= 11 is 0. The van der Waals surface area contributed by atoms with Gasteiger partial charge in [-0.05, 0) is 89.9 Å². The van der Waals surface area contributed by atoms with Crippen molar-refractivity contribution in [1.29, 1.82) is 0 Å². The first kappa shape index (κ1) is 73.0. The van der Waals surface area contributed by atoms with Crippen LogP contribution in [0.5, 0.6) is 0 Å². The quantitative estimate of drug-likeness (QED) is 0.0195. The van der Waals surface area contributed by atoms with Gasteiger partial charge in [0.15, 0.2) is 12.4 Å². The lowest BCUT2D eigenvalue weighted by Gasteiger charge is -2.26. The number of likely N-dealkylation sites (N-methyl/N-ethyl adjacent to an activating group) is 1. The van der Waals surface area contributed by atoms with Crippen molar-refractivity contribution in [2.45, 2.75) is 257 Å². The Kier molecular flexibility index (Phi) is 55.1. The molecule has 2 unspecified atom stereocenters. The van der Waals surface area contributed by atoms with E-state index in [2.05, 4.69) is 111 Å². The summed E-state index contributed by atoms with van der Waals surface area (Å²) in [5.74, 6) is -2.40. The van der Waals surface area contributed by atoms with Gasteiger partial charge in [0.05, 0.1) is 40.3 Å². The number of aliphatic carboxylic acids is 1. The van der Waals surface area contributed by atoms with Crippen LogP contribution in [-0.4, -0.2) is 82.3 Å². The highest BCUT2D eigenvalue weighted by molar-refractivity contribution is 5.70. The number of unbranched alkanes of at least 4 members (excludes halogenated alkanes) is 23. The highest BCUT2D eigenvalue weighted by atomic mass is 16.7. The monoisotopic (exact) mass is 1070 g/mol. The number of allylic oxidation sites excluding steroid dienone is 18. The maximum atomic E-state index is 12.8. The van der Waals surface area contributed by atoms with Crippen molar-refractivity contribution in [2.75, 3.05) is 47.5 Å². The van der Waals surface area contributed by atoms with E-state index in [1.165, 1.54) is 141 Å². The summed E-state index contributed by atoms with van der Waals surface area (Å²) in [6.45, 7) is 4.53. The van der Waals surface area contributed by atoms with E-state index in [0.717, 1.165) is 70.6 Å². The number of carboxylic acids is 1. The summed E-state index contributed by atoms with van der Waals surface area (Å²) in [5, 5.41) is 11.8. The molecule has 0 aromatic carbocycles. The van der Waals surface area contributed by atoms with Gasteiger partial charge in [-0.3, -0.25) is 9.59 Å². The lowest BCUT2D eigenvalue weighted by atomic mass is 10.0. The van der Waals surface area contributed by atoms with E-state index in [1.807, 2.05) is 33.3 Å². The van der Waals surface area contributed by atoms with Crippen molar-refractivity contribution >= 4 is 17.9 Å². The first-order valence-electron chi connectivity index (χ1n) is 31.0. The second-order valence-electron chi connectivity index (χ2n) is 21.6. The molecule has 0 aromatic heterocycles. The van der Waals surface area contributed by atoms with Gasteiger partial charge in [0, 0.05) is 12.8 Å². The average molecular weight is 1070 g/mol. The van der Waals surface area contributed by atoms with E-state index < -0.39 is 24.3 Å². The molecule has 0 N–H and O–H groups in total. The highest BCUT2D eigenvalue weighted by Crippen LogP contribution is 2.16. The number of quaternary nitrogens is 1. The molecule has 0 bridgehead atoms. The number of esters is 2. The minimum Gasteiger partial charge on any atom is -0.545 e. The molecule has 0 spiro atoms. The van der Waals surface area contributed by atoms with E-state index >= 15 is 0 Å². The lowest BCUT2D eigenvalue weighted by molar-refractivity contribution is -0.870. The molecule has 77 heavy (non-hydrogen) atoms. The Morgan fingerprint density at radius 3 is 1.16 bits per heavy atom. The van der Waals surface area contributed by atoms with Gasteiger partial charge in [0.2, 0.25) is 0 Å². The van der Waals surface area contributed by atoms with Crippen LogP contribution in [0, 0.1) is 0 Å². The molecule has 440 valence electrons. The third-order valence-electron chi connectivity index (χ3n) is 13.0. The second-order valence-corrected chi connectivity index (χ2v) is 21.6. The van der Waals surface area contributed by atoms with Gasteiger partial charge in [0.25, 0.3) is 0 Å². The van der Waals surface area contributed by atoms with Crippen LogP contribution in [-0.2, 0) is 33.3 Å². The predicted molar refractivity (Wildman–Crippen MR) is 324 cm³/mol. The van der Waals surface area contributed by atoms with Gasteiger partial charge in [-0.25, -0.2) is 0 Å². The minimum atomic E-state index is -1.65. The Hall–Kier alpha value is -4.05. The zero-order valence-electron chi connectivity index (χ0n) is 50.0. The number of hydrogen-bond donors (Lipinski definition) is 0. The summed E-state index contributed by atoms with van der Waals surface area (Å²) in [5.41, 5.74) is 0. The van der Waals surface area contributed by atoms with Gasteiger partial charge >= 0.3 is 11.9 Å². The summed E-state index contributed by atoms with van der Waals surface area (Å²) in [4.78, 5) is 37.3. The number of carbonyl (C=O) groups is 3. The van der Waals surface area contributed by atoms with E-state index in [9.17, 15) is 19.5 Å². The summed E-state index contributed by atoms with van der Waals surface area (Å²) in [6, 6.07) is 0. The van der Waals surface area contributed by atoms with Gasteiger partial charge in [0.1, 0.15) is 13.2 Å². The molecule has 0 aliphatic rings. The van der Waals surface area contributed by atoms with E-state index in [1.54, 1.807) is 0 Å². The number of carboxylic acid groups (broad SMARTS) is 1. The number of ether oxygens (including phenoxy) is 4. The molecule has 0 rings (SSSR count). The van der Waals surface area contributed by atoms with Crippen molar-refractivity contribution in [3.63, 3.8) is 0 Å².